The van der Waals surface area contributed by atoms with Crippen LogP contribution in [0.2, 0.25) is 0 Å². The van der Waals surface area contributed by atoms with Gasteiger partial charge in [0.15, 0.2) is 0 Å². The Balaban J connectivity index is 5.04. The Morgan fingerprint density at radius 1 is 1.30 bits per heavy atom. The summed E-state index contributed by atoms with van der Waals surface area (Å²) < 4.78 is 13.4. The maximum atomic E-state index is 13.4. The quantitative estimate of drug-likeness (QED) is 0.223. The van der Waals surface area contributed by atoms with Gasteiger partial charge in [0.2, 0.25) is 0 Å². The second kappa shape index (κ2) is 14.2. The van der Waals surface area contributed by atoms with E-state index in [1.807, 2.05) is 13.8 Å². The fourth-order valence-electron chi connectivity index (χ4n) is 2.02. The van der Waals surface area contributed by atoms with Crippen molar-refractivity contribution in [3.8, 4) is 0 Å². The molecule has 0 aliphatic rings. The number of urea groups is 1. The molecule has 0 radical (unpaired) electrons. The minimum atomic E-state index is -0.547. The molecule has 0 aliphatic heterocycles. The lowest BCUT2D eigenvalue weighted by Crippen LogP contribution is -2.35. The van der Waals surface area contributed by atoms with Crippen molar-refractivity contribution >= 4 is 18.0 Å². The van der Waals surface area contributed by atoms with Gasteiger partial charge in [0.1, 0.15) is 12.1 Å². The Kier molecular flexibility index (Phi) is 12.7. The van der Waals surface area contributed by atoms with Gasteiger partial charge in [-0.15, -0.1) is 0 Å². The molecule has 0 fully saturated rings. The van der Waals surface area contributed by atoms with Crippen LogP contribution in [-0.4, -0.2) is 31.6 Å². The second-order valence-corrected chi connectivity index (χ2v) is 5.65. The molecule has 0 aliphatic carbocycles. The van der Waals surface area contributed by atoms with Crippen molar-refractivity contribution in [3.05, 3.63) is 60.1 Å². The molecule has 0 bridgehead atoms. The Morgan fingerprint density at radius 3 is 2.56 bits per heavy atom. The summed E-state index contributed by atoms with van der Waals surface area (Å²) in [5.74, 6) is -0.504. The number of nitrogens with zero attached hydrogens (tertiary/aromatic N) is 1. The summed E-state index contributed by atoms with van der Waals surface area (Å²) in [6.45, 7) is 8.97. The maximum Gasteiger partial charge on any atom is 0.319 e. The summed E-state index contributed by atoms with van der Waals surface area (Å²) in [5, 5.41) is 9.21. The zero-order valence-electron chi connectivity index (χ0n) is 16.4. The average Bonchev–Trinajstić information content (AvgIpc) is 2.65. The molecule has 0 aromatic rings. The normalized spacial score (nSPS) is 14.7. The van der Waals surface area contributed by atoms with Crippen LogP contribution in [-0.2, 0) is 4.79 Å². The van der Waals surface area contributed by atoms with E-state index in [2.05, 4.69) is 27.7 Å². The van der Waals surface area contributed by atoms with Gasteiger partial charge in [0.25, 0.3) is 0 Å². The van der Waals surface area contributed by atoms with Gasteiger partial charge in [-0.2, -0.15) is 5.10 Å². The molecule has 148 valence electrons. The summed E-state index contributed by atoms with van der Waals surface area (Å²) in [7, 11) is 1.68. The van der Waals surface area contributed by atoms with E-state index in [9.17, 15) is 14.0 Å². The van der Waals surface area contributed by atoms with Gasteiger partial charge >= 0.3 is 6.03 Å². The van der Waals surface area contributed by atoms with Crippen LogP contribution in [0, 0.1) is 5.92 Å². The number of carbonyl (C=O) groups is 2. The third-order valence-corrected chi connectivity index (χ3v) is 3.43. The highest BCUT2D eigenvalue weighted by molar-refractivity contribution is 6.02. The van der Waals surface area contributed by atoms with Crippen molar-refractivity contribution < 1.29 is 14.0 Å². The predicted octanol–water partition coefficient (Wildman–Crippen LogP) is 3.53. The van der Waals surface area contributed by atoms with Crippen LogP contribution in [0.25, 0.3) is 0 Å². The fraction of sp³-hybridized carbons (Fsp3) is 0.350. The molecular weight excluding hydrogens is 347 g/mol. The zero-order valence-corrected chi connectivity index (χ0v) is 16.4. The van der Waals surface area contributed by atoms with E-state index >= 15 is 0 Å². The standard InChI is InChI=1S/C20H29FN4O2/c1-6-8-9-17(21)14-23-20(27)24-18(7-2)11-10-15(3)19(25-22-5)16(4)12-13-26/h6-11,13,16,22H,2,12,14H2,1,3-5H3,(H2,23,24,27)/b8-6-,15-10+,17-9+,18-11+,25-19-. The van der Waals surface area contributed by atoms with Crippen LogP contribution in [0.15, 0.2) is 65.2 Å². The van der Waals surface area contributed by atoms with Crippen LogP contribution in [0.1, 0.15) is 27.2 Å². The maximum absolute atomic E-state index is 13.4. The average molecular weight is 376 g/mol. The van der Waals surface area contributed by atoms with E-state index < -0.39 is 11.9 Å². The highest BCUT2D eigenvalue weighted by atomic mass is 19.1. The first-order valence-corrected chi connectivity index (χ1v) is 8.61. The number of amides is 2. The van der Waals surface area contributed by atoms with E-state index in [0.29, 0.717) is 12.1 Å². The first-order valence-electron chi connectivity index (χ1n) is 8.61. The monoisotopic (exact) mass is 376 g/mol. The van der Waals surface area contributed by atoms with Crippen molar-refractivity contribution in [1.29, 1.82) is 0 Å². The molecule has 27 heavy (non-hydrogen) atoms. The van der Waals surface area contributed by atoms with E-state index in [-0.39, 0.29) is 12.5 Å². The van der Waals surface area contributed by atoms with E-state index in [0.717, 1.165) is 17.6 Å². The van der Waals surface area contributed by atoms with Crippen molar-refractivity contribution in [3.63, 3.8) is 0 Å². The van der Waals surface area contributed by atoms with E-state index in [4.69, 9.17) is 0 Å². The molecule has 0 aromatic heterocycles. The summed E-state index contributed by atoms with van der Waals surface area (Å²) in [6.07, 6.45) is 10.6. The lowest BCUT2D eigenvalue weighted by atomic mass is 9.96. The topological polar surface area (TPSA) is 82.6 Å². The van der Waals surface area contributed by atoms with Gasteiger partial charge < -0.3 is 20.9 Å². The lowest BCUT2D eigenvalue weighted by molar-refractivity contribution is -0.108. The van der Waals surface area contributed by atoms with Crippen molar-refractivity contribution in [1.82, 2.24) is 16.1 Å². The molecule has 0 spiro atoms. The number of aldehydes is 1. The molecule has 1 atom stereocenters. The first kappa shape index (κ1) is 24.0. The van der Waals surface area contributed by atoms with Crippen LogP contribution < -0.4 is 16.1 Å². The van der Waals surface area contributed by atoms with Gasteiger partial charge in [-0.25, -0.2) is 9.18 Å². The Hall–Kier alpha value is -2.96. The number of hydrogen-bond acceptors (Lipinski definition) is 4. The summed E-state index contributed by atoms with van der Waals surface area (Å²) in [4.78, 5) is 22.6. The summed E-state index contributed by atoms with van der Waals surface area (Å²) >= 11 is 0. The molecule has 3 N–H and O–H groups in total. The number of allylic oxidation sites excluding steroid dienone is 7. The van der Waals surface area contributed by atoms with Crippen LogP contribution in [0.5, 0.6) is 0 Å². The van der Waals surface area contributed by atoms with Crippen molar-refractivity contribution in [2.45, 2.75) is 27.2 Å². The molecule has 7 heteroatoms. The smallest absolute Gasteiger partial charge is 0.319 e. The fourth-order valence-corrected chi connectivity index (χ4v) is 2.02. The second-order valence-electron chi connectivity index (χ2n) is 5.65. The largest absolute Gasteiger partial charge is 0.331 e. The molecular formula is C20H29FN4O2. The minimum Gasteiger partial charge on any atom is -0.331 e. The van der Waals surface area contributed by atoms with Gasteiger partial charge in [0.05, 0.1) is 12.3 Å². The third kappa shape index (κ3) is 10.6. The molecule has 0 rings (SSSR count). The number of rotatable bonds is 11. The van der Waals surface area contributed by atoms with E-state index in [1.165, 1.54) is 12.2 Å². The van der Waals surface area contributed by atoms with Crippen LogP contribution >= 0.6 is 0 Å². The van der Waals surface area contributed by atoms with Gasteiger partial charge in [-0.1, -0.05) is 31.7 Å². The molecule has 1 unspecified atom stereocenters. The number of hydrogen-bond donors (Lipinski definition) is 3. The highest BCUT2D eigenvalue weighted by Crippen LogP contribution is 2.11. The number of carbonyl (C=O) groups excluding carboxylic acids is 2. The molecule has 0 heterocycles. The van der Waals surface area contributed by atoms with Gasteiger partial charge in [-0.05, 0) is 37.6 Å². The van der Waals surface area contributed by atoms with Gasteiger partial charge in [-0.3, -0.25) is 0 Å². The Morgan fingerprint density at radius 2 is 2.00 bits per heavy atom. The summed E-state index contributed by atoms with van der Waals surface area (Å²) in [6, 6.07) is -0.547. The molecule has 6 nitrogen and oxygen atoms in total. The Labute approximate surface area is 160 Å². The van der Waals surface area contributed by atoms with Crippen molar-refractivity contribution in [2.24, 2.45) is 11.0 Å². The Bertz CT molecular complexity index is 661. The molecule has 0 aromatic carbocycles. The highest BCUT2D eigenvalue weighted by Gasteiger charge is 2.12. The predicted molar refractivity (Wildman–Crippen MR) is 109 cm³/mol. The minimum absolute atomic E-state index is 0.0463. The summed E-state index contributed by atoms with van der Waals surface area (Å²) in [5.41, 5.74) is 4.74. The zero-order chi connectivity index (χ0) is 20.7. The molecule has 0 saturated heterocycles. The number of nitrogens with one attached hydrogen (secondary N) is 3. The molecule has 0 saturated carbocycles. The number of hydrazone groups is 1. The third-order valence-electron chi connectivity index (χ3n) is 3.43. The van der Waals surface area contributed by atoms with E-state index in [1.54, 1.807) is 38.3 Å². The van der Waals surface area contributed by atoms with Crippen LogP contribution in [0.3, 0.4) is 0 Å². The molecule has 2 amide bonds. The first-order chi connectivity index (χ1) is 12.9. The number of halogens is 1. The lowest BCUT2D eigenvalue weighted by Gasteiger charge is -2.12. The van der Waals surface area contributed by atoms with Crippen molar-refractivity contribution in [2.75, 3.05) is 13.6 Å². The van der Waals surface area contributed by atoms with Gasteiger partial charge in [0, 0.05) is 25.1 Å². The SMILES string of the molecule is C=C\C(=C/C=C(C)/C(=N/NC)C(C)CC=O)NC(=O)NC/C(F)=C\C=C/C. The van der Waals surface area contributed by atoms with Crippen LogP contribution in [0.4, 0.5) is 9.18 Å².